The standard InChI is InChI=1S/C12H17NO2.ClH/c1-3-13-7-6-10-4-5-12(15)11(8-10)9(2)14;/h4-5,8,13,15H,3,6-7H2,1-2H3;1H. The van der Waals surface area contributed by atoms with Gasteiger partial charge in [-0.05, 0) is 44.1 Å². The highest BCUT2D eigenvalue weighted by Gasteiger charge is 2.06. The summed E-state index contributed by atoms with van der Waals surface area (Å²) < 4.78 is 0. The van der Waals surface area contributed by atoms with Gasteiger partial charge in [-0.2, -0.15) is 0 Å². The molecule has 0 heterocycles. The number of halogens is 1. The molecule has 0 saturated carbocycles. The molecule has 0 bridgehead atoms. The fourth-order valence-electron chi connectivity index (χ4n) is 1.43. The van der Waals surface area contributed by atoms with Crippen LogP contribution in [0.15, 0.2) is 18.2 Å². The van der Waals surface area contributed by atoms with Crippen molar-refractivity contribution >= 4 is 18.2 Å². The predicted molar refractivity (Wildman–Crippen MR) is 67.6 cm³/mol. The quantitative estimate of drug-likeness (QED) is 0.616. The SMILES string of the molecule is CCNCCc1ccc(O)c(C(C)=O)c1.Cl. The maximum absolute atomic E-state index is 11.2. The van der Waals surface area contributed by atoms with Crippen LogP contribution in [0.1, 0.15) is 29.8 Å². The largest absolute Gasteiger partial charge is 0.507 e. The monoisotopic (exact) mass is 243 g/mol. The molecule has 0 saturated heterocycles. The van der Waals surface area contributed by atoms with E-state index in [4.69, 9.17) is 0 Å². The first kappa shape index (κ1) is 14.9. The molecule has 16 heavy (non-hydrogen) atoms. The number of nitrogens with one attached hydrogen (secondary N) is 1. The van der Waals surface area contributed by atoms with Gasteiger partial charge in [0.1, 0.15) is 5.75 Å². The summed E-state index contributed by atoms with van der Waals surface area (Å²) >= 11 is 0. The number of carbonyl (C=O) groups excluding carboxylic acids is 1. The van der Waals surface area contributed by atoms with E-state index in [-0.39, 0.29) is 23.9 Å². The van der Waals surface area contributed by atoms with Crippen LogP contribution in [0.3, 0.4) is 0 Å². The number of likely N-dealkylation sites (N-methyl/N-ethyl adjacent to an activating group) is 1. The normalized spacial score (nSPS) is 9.62. The van der Waals surface area contributed by atoms with E-state index in [1.54, 1.807) is 12.1 Å². The van der Waals surface area contributed by atoms with Gasteiger partial charge in [-0.15, -0.1) is 12.4 Å². The molecule has 0 aliphatic carbocycles. The molecule has 3 nitrogen and oxygen atoms in total. The molecular formula is C12H18ClNO2. The Kier molecular flexibility index (Phi) is 6.77. The van der Waals surface area contributed by atoms with Crippen molar-refractivity contribution in [3.63, 3.8) is 0 Å². The van der Waals surface area contributed by atoms with Gasteiger partial charge in [0.15, 0.2) is 5.78 Å². The number of aromatic hydroxyl groups is 1. The number of rotatable bonds is 5. The Morgan fingerprint density at radius 1 is 1.44 bits per heavy atom. The van der Waals surface area contributed by atoms with E-state index in [0.717, 1.165) is 25.1 Å². The summed E-state index contributed by atoms with van der Waals surface area (Å²) in [6, 6.07) is 5.19. The van der Waals surface area contributed by atoms with Crippen LogP contribution in [-0.2, 0) is 6.42 Å². The second kappa shape index (κ2) is 7.25. The molecule has 1 aromatic rings. The van der Waals surface area contributed by atoms with E-state index >= 15 is 0 Å². The number of Topliss-reactive ketones (excluding diaryl/α,β-unsaturated/α-hetero) is 1. The molecule has 0 spiro atoms. The highest BCUT2D eigenvalue weighted by Crippen LogP contribution is 2.19. The number of carbonyl (C=O) groups is 1. The van der Waals surface area contributed by atoms with Crippen molar-refractivity contribution in [3.05, 3.63) is 29.3 Å². The van der Waals surface area contributed by atoms with Crippen LogP contribution in [0, 0.1) is 0 Å². The minimum absolute atomic E-state index is 0. The van der Waals surface area contributed by atoms with Gasteiger partial charge in [-0.3, -0.25) is 4.79 Å². The van der Waals surface area contributed by atoms with Crippen molar-refractivity contribution in [1.82, 2.24) is 5.32 Å². The van der Waals surface area contributed by atoms with Gasteiger partial charge in [0, 0.05) is 0 Å². The number of phenols is 1. The number of ketones is 1. The van der Waals surface area contributed by atoms with Crippen molar-refractivity contribution in [2.75, 3.05) is 13.1 Å². The smallest absolute Gasteiger partial charge is 0.163 e. The minimum Gasteiger partial charge on any atom is -0.507 e. The van der Waals surface area contributed by atoms with E-state index in [1.807, 2.05) is 6.07 Å². The summed E-state index contributed by atoms with van der Waals surface area (Å²) in [6.07, 6.45) is 0.869. The molecule has 4 heteroatoms. The Morgan fingerprint density at radius 2 is 2.12 bits per heavy atom. The Labute approximate surface area is 102 Å². The van der Waals surface area contributed by atoms with Gasteiger partial charge in [0.2, 0.25) is 0 Å². The molecule has 0 amide bonds. The minimum atomic E-state index is -0.0993. The number of hydrogen-bond donors (Lipinski definition) is 2. The second-order valence-corrected chi connectivity index (χ2v) is 3.51. The highest BCUT2D eigenvalue weighted by molar-refractivity contribution is 5.96. The average molecular weight is 244 g/mol. The third-order valence-electron chi connectivity index (χ3n) is 2.28. The average Bonchev–Trinajstić information content (AvgIpc) is 2.20. The van der Waals surface area contributed by atoms with Crippen molar-refractivity contribution in [2.24, 2.45) is 0 Å². The third-order valence-corrected chi connectivity index (χ3v) is 2.28. The van der Waals surface area contributed by atoms with Crippen molar-refractivity contribution in [3.8, 4) is 5.75 Å². The van der Waals surface area contributed by atoms with Crippen LogP contribution in [0.4, 0.5) is 0 Å². The van der Waals surface area contributed by atoms with E-state index in [2.05, 4.69) is 12.2 Å². The zero-order valence-electron chi connectivity index (χ0n) is 9.62. The lowest BCUT2D eigenvalue weighted by atomic mass is 10.0. The van der Waals surface area contributed by atoms with E-state index in [0.29, 0.717) is 5.56 Å². The zero-order valence-corrected chi connectivity index (χ0v) is 10.4. The summed E-state index contributed by atoms with van der Waals surface area (Å²) in [5.41, 5.74) is 1.47. The summed E-state index contributed by atoms with van der Waals surface area (Å²) in [4.78, 5) is 11.2. The van der Waals surface area contributed by atoms with Crippen LogP contribution in [0.2, 0.25) is 0 Å². The van der Waals surface area contributed by atoms with Crippen LogP contribution in [0.25, 0.3) is 0 Å². The molecule has 0 atom stereocenters. The Hall–Kier alpha value is -1.06. The molecule has 2 N–H and O–H groups in total. The fraction of sp³-hybridized carbons (Fsp3) is 0.417. The van der Waals surface area contributed by atoms with Crippen LogP contribution >= 0.6 is 12.4 Å². The molecule has 0 unspecified atom stereocenters. The van der Waals surface area contributed by atoms with Crippen LogP contribution < -0.4 is 5.32 Å². The van der Waals surface area contributed by atoms with Crippen LogP contribution in [0.5, 0.6) is 5.75 Å². The molecule has 0 fully saturated rings. The third kappa shape index (κ3) is 4.21. The summed E-state index contributed by atoms with van der Waals surface area (Å²) in [7, 11) is 0. The molecule has 1 rings (SSSR count). The van der Waals surface area contributed by atoms with Crippen molar-refractivity contribution < 1.29 is 9.90 Å². The lowest BCUT2D eigenvalue weighted by Gasteiger charge is -2.05. The number of hydrogen-bond acceptors (Lipinski definition) is 3. The molecule has 0 radical (unpaired) electrons. The van der Waals surface area contributed by atoms with Gasteiger partial charge >= 0.3 is 0 Å². The van der Waals surface area contributed by atoms with Gasteiger partial charge in [0.05, 0.1) is 5.56 Å². The van der Waals surface area contributed by atoms with Gasteiger partial charge < -0.3 is 10.4 Å². The predicted octanol–water partition coefficient (Wildman–Crippen LogP) is 2.17. The maximum atomic E-state index is 11.2. The molecule has 1 aromatic carbocycles. The lowest BCUT2D eigenvalue weighted by molar-refractivity contribution is 0.101. The first-order valence-corrected chi connectivity index (χ1v) is 5.18. The molecular weight excluding hydrogens is 226 g/mol. The van der Waals surface area contributed by atoms with Crippen LogP contribution in [-0.4, -0.2) is 24.0 Å². The second-order valence-electron chi connectivity index (χ2n) is 3.51. The Morgan fingerprint density at radius 3 is 2.69 bits per heavy atom. The highest BCUT2D eigenvalue weighted by atomic mass is 35.5. The Balaban J connectivity index is 0.00000225. The number of phenolic OH excluding ortho intramolecular Hbond substituents is 1. The Bertz CT molecular complexity index is 353. The van der Waals surface area contributed by atoms with Gasteiger partial charge in [-0.1, -0.05) is 13.0 Å². The van der Waals surface area contributed by atoms with E-state index < -0.39 is 0 Å². The lowest BCUT2D eigenvalue weighted by Crippen LogP contribution is -2.16. The number of benzene rings is 1. The first-order valence-electron chi connectivity index (χ1n) is 5.18. The van der Waals surface area contributed by atoms with Gasteiger partial charge in [0.25, 0.3) is 0 Å². The summed E-state index contributed by atoms with van der Waals surface area (Å²) in [5, 5.41) is 12.7. The molecule has 0 aromatic heterocycles. The van der Waals surface area contributed by atoms with Crippen molar-refractivity contribution in [2.45, 2.75) is 20.3 Å². The fourth-order valence-corrected chi connectivity index (χ4v) is 1.43. The first-order chi connectivity index (χ1) is 7.15. The molecule has 90 valence electrons. The van der Waals surface area contributed by atoms with Gasteiger partial charge in [-0.25, -0.2) is 0 Å². The molecule has 0 aliphatic heterocycles. The molecule has 0 aliphatic rings. The van der Waals surface area contributed by atoms with Crippen molar-refractivity contribution in [1.29, 1.82) is 0 Å². The topological polar surface area (TPSA) is 49.3 Å². The summed E-state index contributed by atoms with van der Waals surface area (Å²) in [6.45, 7) is 5.34. The summed E-state index contributed by atoms with van der Waals surface area (Å²) in [5.74, 6) is -0.0347. The maximum Gasteiger partial charge on any atom is 0.163 e. The zero-order chi connectivity index (χ0) is 11.3. The van der Waals surface area contributed by atoms with E-state index in [1.165, 1.54) is 6.92 Å². The van der Waals surface area contributed by atoms with E-state index in [9.17, 15) is 9.90 Å².